The van der Waals surface area contributed by atoms with Crippen molar-refractivity contribution in [2.45, 2.75) is 19.5 Å². The Morgan fingerprint density at radius 2 is 2.05 bits per heavy atom. The van der Waals surface area contributed by atoms with Crippen LogP contribution in [0.3, 0.4) is 0 Å². The molecule has 0 saturated carbocycles. The molecular weight excluding hydrogens is 269 g/mol. The molecule has 1 unspecified atom stereocenters. The maximum atomic E-state index is 14.0. The van der Waals surface area contributed by atoms with E-state index in [1.165, 1.54) is 6.07 Å². The van der Waals surface area contributed by atoms with Crippen LogP contribution in [0.4, 0.5) is 4.39 Å². The highest BCUT2D eigenvalue weighted by Crippen LogP contribution is 2.30. The zero-order chi connectivity index (χ0) is 14.8. The minimum Gasteiger partial charge on any atom is -0.508 e. The number of benzene rings is 2. The van der Waals surface area contributed by atoms with Crippen LogP contribution in [-0.4, -0.2) is 23.2 Å². The lowest BCUT2D eigenvalue weighted by Gasteiger charge is -2.27. The van der Waals surface area contributed by atoms with Gasteiger partial charge in [-0.2, -0.15) is 0 Å². The molecule has 1 aliphatic rings. The Morgan fingerprint density at radius 1 is 1.24 bits per heavy atom. The van der Waals surface area contributed by atoms with Gasteiger partial charge in [-0.25, -0.2) is 4.39 Å². The first-order valence-corrected chi connectivity index (χ1v) is 7.08. The third kappa shape index (κ3) is 2.85. The summed E-state index contributed by atoms with van der Waals surface area (Å²) in [6.45, 7) is 4.01. The van der Waals surface area contributed by atoms with Crippen molar-refractivity contribution in [2.75, 3.05) is 13.2 Å². The molecule has 0 bridgehead atoms. The van der Waals surface area contributed by atoms with Gasteiger partial charge < -0.3 is 9.84 Å². The number of hydrogen-bond acceptors (Lipinski definition) is 3. The van der Waals surface area contributed by atoms with E-state index in [1.54, 1.807) is 6.07 Å². The Bertz CT molecular complexity index is 644. The van der Waals surface area contributed by atoms with Gasteiger partial charge in [-0.15, -0.1) is 0 Å². The molecule has 0 amide bonds. The molecule has 2 aromatic carbocycles. The topological polar surface area (TPSA) is 32.7 Å². The minimum absolute atomic E-state index is 0.0482. The van der Waals surface area contributed by atoms with E-state index in [0.717, 1.165) is 30.5 Å². The van der Waals surface area contributed by atoms with E-state index in [0.29, 0.717) is 12.2 Å². The fraction of sp³-hybridized carbons (Fsp3) is 0.294. The van der Waals surface area contributed by atoms with E-state index in [9.17, 15) is 9.50 Å². The smallest absolute Gasteiger partial charge is 0.131 e. The molecule has 0 aromatic heterocycles. The monoisotopic (exact) mass is 287 g/mol. The summed E-state index contributed by atoms with van der Waals surface area (Å²) < 4.78 is 19.8. The van der Waals surface area contributed by atoms with Crippen LogP contribution in [0.25, 0.3) is 0 Å². The standard InChI is InChI=1S/C17H18FNO2/c1-12(15-7-6-14(20)10-16(15)18)19-8-9-21-17-5-3-2-4-13(17)11-19/h2-7,10,12,20H,8-9,11H2,1H3. The van der Waals surface area contributed by atoms with Crippen LogP contribution in [0.1, 0.15) is 24.1 Å². The second-order valence-electron chi connectivity index (χ2n) is 5.31. The number of fused-ring (bicyclic) bond motifs is 1. The minimum atomic E-state index is -0.374. The van der Waals surface area contributed by atoms with Gasteiger partial charge in [0.15, 0.2) is 0 Å². The van der Waals surface area contributed by atoms with Crippen LogP contribution in [0.2, 0.25) is 0 Å². The third-order valence-corrected chi connectivity index (χ3v) is 3.96. The zero-order valence-electron chi connectivity index (χ0n) is 11.9. The molecule has 0 spiro atoms. The van der Waals surface area contributed by atoms with E-state index in [1.807, 2.05) is 31.2 Å². The lowest BCUT2D eigenvalue weighted by Crippen LogP contribution is -2.29. The molecule has 0 radical (unpaired) electrons. The maximum Gasteiger partial charge on any atom is 0.131 e. The highest BCUT2D eigenvalue weighted by Gasteiger charge is 2.22. The highest BCUT2D eigenvalue weighted by molar-refractivity contribution is 5.34. The van der Waals surface area contributed by atoms with Crippen molar-refractivity contribution >= 4 is 0 Å². The molecule has 1 aliphatic heterocycles. The van der Waals surface area contributed by atoms with Gasteiger partial charge in [0.05, 0.1) is 0 Å². The van der Waals surface area contributed by atoms with Crippen molar-refractivity contribution in [1.29, 1.82) is 0 Å². The first kappa shape index (κ1) is 13.9. The van der Waals surface area contributed by atoms with E-state index >= 15 is 0 Å². The summed E-state index contributed by atoms with van der Waals surface area (Å²) in [6.07, 6.45) is 0. The third-order valence-electron chi connectivity index (χ3n) is 3.96. The second-order valence-corrected chi connectivity index (χ2v) is 5.31. The van der Waals surface area contributed by atoms with Crippen LogP contribution in [0.5, 0.6) is 11.5 Å². The average Bonchev–Trinajstić information content (AvgIpc) is 2.68. The molecule has 0 fully saturated rings. The number of hydrogen-bond donors (Lipinski definition) is 1. The number of phenolic OH excluding ortho intramolecular Hbond substituents is 1. The highest BCUT2D eigenvalue weighted by atomic mass is 19.1. The SMILES string of the molecule is CC(c1ccc(O)cc1F)N1CCOc2ccccc2C1. The van der Waals surface area contributed by atoms with Crippen LogP contribution >= 0.6 is 0 Å². The molecule has 0 saturated heterocycles. The molecule has 4 heteroatoms. The number of rotatable bonds is 2. The Morgan fingerprint density at radius 3 is 2.86 bits per heavy atom. The van der Waals surface area contributed by atoms with Gasteiger partial charge in [0.25, 0.3) is 0 Å². The molecule has 1 atom stereocenters. The lowest BCUT2D eigenvalue weighted by atomic mass is 10.0. The summed E-state index contributed by atoms with van der Waals surface area (Å²) in [5, 5.41) is 9.33. The predicted molar refractivity (Wildman–Crippen MR) is 78.8 cm³/mol. The molecule has 3 rings (SSSR count). The number of aromatic hydroxyl groups is 1. The summed E-state index contributed by atoms with van der Waals surface area (Å²) in [7, 11) is 0. The zero-order valence-corrected chi connectivity index (χ0v) is 11.9. The Kier molecular flexibility index (Phi) is 3.80. The molecule has 2 aromatic rings. The van der Waals surface area contributed by atoms with Gasteiger partial charge in [-0.05, 0) is 19.1 Å². The fourth-order valence-corrected chi connectivity index (χ4v) is 2.73. The summed E-state index contributed by atoms with van der Waals surface area (Å²) >= 11 is 0. The van der Waals surface area contributed by atoms with Gasteiger partial charge in [0, 0.05) is 36.3 Å². The van der Waals surface area contributed by atoms with Gasteiger partial charge in [0.2, 0.25) is 0 Å². The summed E-state index contributed by atoms with van der Waals surface area (Å²) in [6, 6.07) is 12.2. The molecule has 1 heterocycles. The molecule has 21 heavy (non-hydrogen) atoms. The normalized spacial score (nSPS) is 16.7. The molecule has 0 aliphatic carbocycles. The van der Waals surface area contributed by atoms with Crippen molar-refractivity contribution in [2.24, 2.45) is 0 Å². The first-order chi connectivity index (χ1) is 10.1. The van der Waals surface area contributed by atoms with Crippen molar-refractivity contribution < 1.29 is 14.2 Å². The number of phenols is 1. The molecule has 1 N–H and O–H groups in total. The average molecular weight is 287 g/mol. The van der Waals surface area contributed by atoms with Crippen molar-refractivity contribution in [3.05, 3.63) is 59.4 Å². The summed E-state index contributed by atoms with van der Waals surface area (Å²) in [5.74, 6) is 0.479. The number of halogens is 1. The number of ether oxygens (including phenoxy) is 1. The van der Waals surface area contributed by atoms with Crippen LogP contribution < -0.4 is 4.74 Å². The lowest BCUT2D eigenvalue weighted by molar-refractivity contribution is 0.177. The molecule has 110 valence electrons. The Labute approximate surface area is 123 Å². The van der Waals surface area contributed by atoms with Crippen LogP contribution in [-0.2, 0) is 6.54 Å². The molecule has 3 nitrogen and oxygen atoms in total. The van der Waals surface area contributed by atoms with Crippen molar-refractivity contribution in [3.8, 4) is 11.5 Å². The van der Waals surface area contributed by atoms with Gasteiger partial charge in [-0.1, -0.05) is 24.3 Å². The summed E-state index contributed by atoms with van der Waals surface area (Å²) in [4.78, 5) is 2.18. The first-order valence-electron chi connectivity index (χ1n) is 7.08. The maximum absolute atomic E-state index is 14.0. The second kappa shape index (κ2) is 5.74. The summed E-state index contributed by atoms with van der Waals surface area (Å²) in [5.41, 5.74) is 1.70. The predicted octanol–water partition coefficient (Wildman–Crippen LogP) is 3.49. The van der Waals surface area contributed by atoms with E-state index in [4.69, 9.17) is 4.74 Å². The van der Waals surface area contributed by atoms with Crippen LogP contribution in [0.15, 0.2) is 42.5 Å². The van der Waals surface area contributed by atoms with Gasteiger partial charge in [0.1, 0.15) is 23.9 Å². The quantitative estimate of drug-likeness (QED) is 0.917. The van der Waals surface area contributed by atoms with Crippen molar-refractivity contribution in [1.82, 2.24) is 4.90 Å². The van der Waals surface area contributed by atoms with Gasteiger partial charge in [-0.3, -0.25) is 4.90 Å². The number of nitrogens with zero attached hydrogens (tertiary/aromatic N) is 1. The largest absolute Gasteiger partial charge is 0.508 e. The number of para-hydroxylation sites is 1. The Hall–Kier alpha value is -2.07. The fourth-order valence-electron chi connectivity index (χ4n) is 2.73. The van der Waals surface area contributed by atoms with Crippen LogP contribution in [0, 0.1) is 5.82 Å². The van der Waals surface area contributed by atoms with E-state index in [2.05, 4.69) is 4.90 Å². The van der Waals surface area contributed by atoms with Gasteiger partial charge >= 0.3 is 0 Å². The van der Waals surface area contributed by atoms with E-state index < -0.39 is 0 Å². The Balaban J connectivity index is 1.86. The molecular formula is C17H18FNO2. The van der Waals surface area contributed by atoms with Crippen molar-refractivity contribution in [3.63, 3.8) is 0 Å². The van der Waals surface area contributed by atoms with E-state index in [-0.39, 0.29) is 17.6 Å².